The maximum atomic E-state index is 13.4. The first kappa shape index (κ1) is 33.1. The zero-order chi connectivity index (χ0) is 30.5. The summed E-state index contributed by atoms with van der Waals surface area (Å²) in [4.78, 5) is 25.9. The number of carbonyl (C=O) groups excluding carboxylic acids is 2. The Morgan fingerprint density at radius 1 is 0.976 bits per heavy atom. The maximum absolute atomic E-state index is 13.4. The van der Waals surface area contributed by atoms with Gasteiger partial charge in [0.1, 0.15) is 11.7 Å². The second-order valence-corrected chi connectivity index (χ2v) is 18.8. The first-order valence-electron chi connectivity index (χ1n) is 15.1. The molecule has 2 aromatic carbocycles. The Labute approximate surface area is 247 Å². The lowest BCUT2D eigenvalue weighted by Crippen LogP contribution is -2.55. The van der Waals surface area contributed by atoms with Crippen molar-refractivity contribution in [1.29, 1.82) is 0 Å². The van der Waals surface area contributed by atoms with Crippen LogP contribution in [-0.4, -0.2) is 57.4 Å². The van der Waals surface area contributed by atoms with Crippen molar-refractivity contribution < 1.29 is 28.2 Å². The van der Waals surface area contributed by atoms with Crippen LogP contribution in [0.25, 0.3) is 10.8 Å². The van der Waals surface area contributed by atoms with Crippen molar-refractivity contribution in [1.82, 2.24) is 5.32 Å². The molecular formula is C33H51NO6Si. The molecule has 3 rings (SSSR count). The molecule has 1 aliphatic heterocycles. The number of cyclic esters (lactones) is 1. The number of amides is 1. The molecule has 2 aromatic rings. The Morgan fingerprint density at radius 3 is 2.20 bits per heavy atom. The standard InChI is InChI=1S/C33H51NO6Si/c1-21(2)41(22(3)4,23(5)6)40-30-24(7)38-31(35)29(34-32(36)39-33(8,9)10)20-37-19-27(30)18-26-16-13-15-25-14-11-12-17-28(25)26/h11-17,21-24,27,29-30H,18-20H2,1-10H3,(H,34,36). The molecule has 1 fully saturated rings. The molecule has 4 unspecified atom stereocenters. The number of nitrogens with one attached hydrogen (secondary N) is 1. The van der Waals surface area contributed by atoms with Gasteiger partial charge < -0.3 is 24.0 Å². The van der Waals surface area contributed by atoms with Crippen LogP contribution >= 0.6 is 0 Å². The molecule has 1 aliphatic rings. The second-order valence-electron chi connectivity index (χ2n) is 13.4. The van der Waals surface area contributed by atoms with E-state index < -0.39 is 38.1 Å². The molecule has 228 valence electrons. The third-order valence-corrected chi connectivity index (χ3v) is 14.3. The van der Waals surface area contributed by atoms with E-state index in [4.69, 9.17) is 18.6 Å². The molecule has 0 spiro atoms. The van der Waals surface area contributed by atoms with Crippen molar-refractivity contribution in [2.75, 3.05) is 13.2 Å². The largest absolute Gasteiger partial charge is 0.458 e. The molecule has 7 nitrogen and oxygen atoms in total. The number of carbonyl (C=O) groups is 2. The molecule has 0 aliphatic carbocycles. The fourth-order valence-electron chi connectivity index (χ4n) is 6.53. The minimum Gasteiger partial charge on any atom is -0.458 e. The SMILES string of the molecule is CC1OC(=O)C(NC(=O)OC(C)(C)C)COCC(Cc2cccc3ccccc23)C1O[Si](C(C)C)(C(C)C)C(C)C. The van der Waals surface area contributed by atoms with Gasteiger partial charge in [-0.15, -0.1) is 0 Å². The number of rotatable bonds is 8. The third-order valence-electron chi connectivity index (χ3n) is 8.23. The van der Waals surface area contributed by atoms with Crippen LogP contribution < -0.4 is 5.32 Å². The average Bonchev–Trinajstić information content (AvgIpc) is 2.90. The number of benzene rings is 2. The molecule has 0 radical (unpaired) electrons. The third kappa shape index (κ3) is 8.11. The van der Waals surface area contributed by atoms with E-state index in [2.05, 4.69) is 83.3 Å². The first-order valence-corrected chi connectivity index (χ1v) is 17.2. The molecular weight excluding hydrogens is 534 g/mol. The first-order chi connectivity index (χ1) is 19.2. The molecule has 41 heavy (non-hydrogen) atoms. The lowest BCUT2D eigenvalue weighted by molar-refractivity contribution is -0.156. The Morgan fingerprint density at radius 2 is 1.59 bits per heavy atom. The number of hydrogen-bond donors (Lipinski definition) is 1. The molecule has 0 aromatic heterocycles. The fraction of sp³-hybridized carbons (Fsp3) is 0.636. The van der Waals surface area contributed by atoms with Gasteiger partial charge in [-0.2, -0.15) is 0 Å². The molecule has 4 atom stereocenters. The highest BCUT2D eigenvalue weighted by Crippen LogP contribution is 2.44. The summed E-state index contributed by atoms with van der Waals surface area (Å²) in [5.74, 6) is -0.624. The van der Waals surface area contributed by atoms with Crippen LogP contribution in [0.4, 0.5) is 4.79 Å². The lowest BCUT2D eigenvalue weighted by Gasteiger charge is -2.47. The summed E-state index contributed by atoms with van der Waals surface area (Å²) >= 11 is 0. The van der Waals surface area contributed by atoms with E-state index in [0.717, 1.165) is 0 Å². The van der Waals surface area contributed by atoms with E-state index >= 15 is 0 Å². The summed E-state index contributed by atoms with van der Waals surface area (Å²) < 4.78 is 25.0. The number of esters is 1. The van der Waals surface area contributed by atoms with Crippen molar-refractivity contribution in [3.63, 3.8) is 0 Å². The fourth-order valence-corrected chi connectivity index (χ4v) is 12.2. The molecule has 1 amide bonds. The summed E-state index contributed by atoms with van der Waals surface area (Å²) in [7, 11) is -2.35. The molecule has 0 bridgehead atoms. The van der Waals surface area contributed by atoms with Crippen LogP contribution in [-0.2, 0) is 29.9 Å². The Kier molecular flexibility index (Phi) is 11.1. The summed E-state index contributed by atoms with van der Waals surface area (Å²) in [6, 6.07) is 13.8. The predicted molar refractivity (Wildman–Crippen MR) is 167 cm³/mol. The Bertz CT molecular complexity index is 1150. The number of ether oxygens (including phenoxy) is 3. The van der Waals surface area contributed by atoms with Crippen LogP contribution in [0, 0.1) is 5.92 Å². The van der Waals surface area contributed by atoms with Crippen LogP contribution in [0.2, 0.25) is 16.6 Å². The Balaban J connectivity index is 2.01. The van der Waals surface area contributed by atoms with Crippen molar-refractivity contribution in [2.24, 2.45) is 5.92 Å². The molecule has 1 heterocycles. The predicted octanol–water partition coefficient (Wildman–Crippen LogP) is 7.41. The van der Waals surface area contributed by atoms with E-state index in [1.807, 2.05) is 13.0 Å². The van der Waals surface area contributed by atoms with Gasteiger partial charge in [0.2, 0.25) is 8.32 Å². The highest BCUT2D eigenvalue weighted by atomic mass is 28.4. The van der Waals surface area contributed by atoms with Crippen molar-refractivity contribution in [3.8, 4) is 0 Å². The van der Waals surface area contributed by atoms with E-state index in [0.29, 0.717) is 29.7 Å². The van der Waals surface area contributed by atoms with Crippen LogP contribution in [0.3, 0.4) is 0 Å². The van der Waals surface area contributed by atoms with Gasteiger partial charge in [0.15, 0.2) is 6.04 Å². The van der Waals surface area contributed by atoms with E-state index in [9.17, 15) is 9.59 Å². The molecule has 1 N–H and O–H groups in total. The summed E-state index contributed by atoms with van der Waals surface area (Å²) in [6.45, 7) is 21.2. The number of hydrogen-bond acceptors (Lipinski definition) is 6. The van der Waals surface area contributed by atoms with E-state index in [1.54, 1.807) is 20.8 Å². The van der Waals surface area contributed by atoms with E-state index in [-0.39, 0.29) is 18.6 Å². The van der Waals surface area contributed by atoms with Crippen LogP contribution in [0.1, 0.15) is 74.8 Å². The van der Waals surface area contributed by atoms with Crippen molar-refractivity contribution >= 4 is 31.2 Å². The zero-order valence-electron chi connectivity index (χ0n) is 26.7. The average molecular weight is 586 g/mol. The van der Waals surface area contributed by atoms with Gasteiger partial charge >= 0.3 is 12.1 Å². The van der Waals surface area contributed by atoms with Crippen molar-refractivity contribution in [3.05, 3.63) is 48.0 Å². The minimum atomic E-state index is -2.35. The van der Waals surface area contributed by atoms with Gasteiger partial charge in [0.05, 0.1) is 19.3 Å². The summed E-state index contributed by atoms with van der Waals surface area (Å²) in [5.41, 5.74) is 1.59. The topological polar surface area (TPSA) is 83.1 Å². The summed E-state index contributed by atoms with van der Waals surface area (Å²) in [5, 5.41) is 5.04. The molecule has 8 heteroatoms. The maximum Gasteiger partial charge on any atom is 0.408 e. The molecule has 0 saturated carbocycles. The highest BCUT2D eigenvalue weighted by molar-refractivity contribution is 6.77. The molecule has 1 saturated heterocycles. The van der Waals surface area contributed by atoms with Crippen molar-refractivity contribution in [2.45, 2.75) is 116 Å². The van der Waals surface area contributed by atoms with Gasteiger partial charge in [-0.1, -0.05) is 84.0 Å². The van der Waals surface area contributed by atoms with Gasteiger partial charge in [-0.3, -0.25) is 0 Å². The highest BCUT2D eigenvalue weighted by Gasteiger charge is 2.49. The normalized spacial score (nSPS) is 22.8. The van der Waals surface area contributed by atoms with E-state index in [1.165, 1.54) is 16.3 Å². The van der Waals surface area contributed by atoms with Gasteiger partial charge in [0, 0.05) is 5.92 Å². The minimum absolute atomic E-state index is 0.00926. The van der Waals surface area contributed by atoms with Gasteiger partial charge in [-0.25, -0.2) is 9.59 Å². The second kappa shape index (κ2) is 13.7. The van der Waals surface area contributed by atoms with Crippen LogP contribution in [0.15, 0.2) is 42.5 Å². The Hall–Kier alpha value is -2.42. The zero-order valence-corrected chi connectivity index (χ0v) is 27.7. The van der Waals surface area contributed by atoms with Gasteiger partial charge in [0.25, 0.3) is 0 Å². The number of alkyl carbamates (subject to hydrolysis) is 1. The lowest BCUT2D eigenvalue weighted by atomic mass is 9.89. The number of fused-ring (bicyclic) bond motifs is 1. The van der Waals surface area contributed by atoms with Crippen LogP contribution in [0.5, 0.6) is 0 Å². The quantitative estimate of drug-likeness (QED) is 0.257. The smallest absolute Gasteiger partial charge is 0.408 e. The monoisotopic (exact) mass is 585 g/mol. The summed E-state index contributed by atoms with van der Waals surface area (Å²) in [6.07, 6.45) is -0.898. The van der Waals surface area contributed by atoms with Gasteiger partial charge in [-0.05, 0) is 67.1 Å².